The van der Waals surface area contributed by atoms with Crippen LogP contribution in [-0.4, -0.2) is 25.0 Å². The fourth-order valence-corrected chi connectivity index (χ4v) is 3.42. The third-order valence-corrected chi connectivity index (χ3v) is 5.52. The number of hydrogen-bond acceptors (Lipinski definition) is 5. The first-order valence-corrected chi connectivity index (χ1v) is 10.9. The van der Waals surface area contributed by atoms with Crippen LogP contribution < -0.4 is 4.18 Å². The molecule has 3 aromatic rings. The van der Waals surface area contributed by atoms with Gasteiger partial charge in [0.25, 0.3) is 5.91 Å². The van der Waals surface area contributed by atoms with Crippen LogP contribution in [-0.2, 0) is 23.2 Å². The predicted molar refractivity (Wildman–Crippen MR) is 110 cm³/mol. The first-order valence-electron chi connectivity index (χ1n) is 8.94. The smallest absolute Gasteiger partial charge is 0.308 e. The van der Waals surface area contributed by atoms with Gasteiger partial charge in [-0.15, -0.1) is 0 Å². The molecule has 0 saturated carbocycles. The molecular formula is C21H20ClNO5S. The molecular weight excluding hydrogens is 414 g/mol. The molecule has 0 saturated heterocycles. The second-order valence-electron chi connectivity index (χ2n) is 6.33. The van der Waals surface area contributed by atoms with Crippen LogP contribution in [0, 0.1) is 0 Å². The summed E-state index contributed by atoms with van der Waals surface area (Å²) in [6.07, 6.45) is 1.54. The molecule has 3 rings (SSSR count). The van der Waals surface area contributed by atoms with Gasteiger partial charge in [0.15, 0.2) is 0 Å². The van der Waals surface area contributed by atoms with Gasteiger partial charge < -0.3 is 13.5 Å². The van der Waals surface area contributed by atoms with Crippen LogP contribution in [0.25, 0.3) is 0 Å². The van der Waals surface area contributed by atoms with E-state index >= 15 is 0 Å². The van der Waals surface area contributed by atoms with Crippen molar-refractivity contribution in [3.05, 3.63) is 88.8 Å². The maximum atomic E-state index is 13.1. The molecule has 0 spiro atoms. The number of rotatable bonds is 8. The minimum Gasteiger partial charge on any atom is -0.467 e. The van der Waals surface area contributed by atoms with Crippen LogP contribution in [0.2, 0.25) is 5.02 Å². The fraction of sp³-hybridized carbons (Fsp3) is 0.190. The number of carbonyl (C=O) groups is 1. The summed E-state index contributed by atoms with van der Waals surface area (Å²) in [5.41, 5.74) is 1.17. The Morgan fingerprint density at radius 3 is 2.55 bits per heavy atom. The maximum Gasteiger partial charge on any atom is 0.308 e. The number of hydrogen-bond donors (Lipinski definition) is 0. The lowest BCUT2D eigenvalue weighted by Gasteiger charge is -2.22. The zero-order chi connectivity index (χ0) is 20.9. The Balaban J connectivity index is 1.86. The zero-order valence-electron chi connectivity index (χ0n) is 15.7. The Morgan fingerprint density at radius 1 is 1.07 bits per heavy atom. The van der Waals surface area contributed by atoms with Gasteiger partial charge in [-0.3, -0.25) is 4.79 Å². The summed E-state index contributed by atoms with van der Waals surface area (Å²) in [6.45, 7) is 1.99. The van der Waals surface area contributed by atoms with E-state index in [9.17, 15) is 13.2 Å². The van der Waals surface area contributed by atoms with Crippen molar-refractivity contribution in [3.8, 4) is 5.75 Å². The summed E-state index contributed by atoms with van der Waals surface area (Å²) >= 11 is 6.03. The standard InChI is InChI=1S/C21H20ClNO5S/c1-2-29(25,26)28-19-9-3-6-16(12-19)14-23(15-20-10-5-11-27-20)21(24)17-7-4-8-18(22)13-17/h3-13H,2,14-15H2,1H3. The molecule has 2 aromatic carbocycles. The molecule has 152 valence electrons. The fourth-order valence-electron chi connectivity index (χ4n) is 2.72. The molecule has 29 heavy (non-hydrogen) atoms. The van der Waals surface area contributed by atoms with E-state index in [4.69, 9.17) is 20.2 Å². The topological polar surface area (TPSA) is 76.8 Å². The van der Waals surface area contributed by atoms with E-state index in [-0.39, 0.29) is 30.5 Å². The first kappa shape index (κ1) is 21.0. The van der Waals surface area contributed by atoms with Gasteiger partial charge in [-0.2, -0.15) is 8.42 Å². The van der Waals surface area contributed by atoms with Crippen molar-refractivity contribution < 1.29 is 21.8 Å². The number of furan rings is 1. The molecule has 0 aliphatic heterocycles. The monoisotopic (exact) mass is 433 g/mol. The van der Waals surface area contributed by atoms with Gasteiger partial charge in [0, 0.05) is 17.1 Å². The SMILES string of the molecule is CCS(=O)(=O)Oc1cccc(CN(Cc2ccco2)C(=O)c2cccc(Cl)c2)c1. The van der Waals surface area contributed by atoms with Crippen molar-refractivity contribution in [1.82, 2.24) is 4.90 Å². The van der Waals surface area contributed by atoms with E-state index in [1.165, 1.54) is 6.92 Å². The van der Waals surface area contributed by atoms with Crippen molar-refractivity contribution in [3.63, 3.8) is 0 Å². The lowest BCUT2D eigenvalue weighted by Crippen LogP contribution is -2.30. The number of carbonyl (C=O) groups excluding carboxylic acids is 1. The van der Waals surface area contributed by atoms with Crippen molar-refractivity contribution >= 4 is 27.6 Å². The van der Waals surface area contributed by atoms with Crippen LogP contribution in [0.1, 0.15) is 28.6 Å². The number of halogens is 1. The molecule has 0 atom stereocenters. The van der Waals surface area contributed by atoms with Crippen LogP contribution in [0.15, 0.2) is 71.3 Å². The van der Waals surface area contributed by atoms with Gasteiger partial charge in [-0.05, 0) is 55.0 Å². The molecule has 0 fully saturated rings. The van der Waals surface area contributed by atoms with Crippen molar-refractivity contribution in [2.45, 2.75) is 20.0 Å². The molecule has 0 bridgehead atoms. The number of nitrogens with zero attached hydrogens (tertiary/aromatic N) is 1. The summed E-state index contributed by atoms with van der Waals surface area (Å²) in [4.78, 5) is 14.7. The molecule has 0 radical (unpaired) electrons. The van der Waals surface area contributed by atoms with Gasteiger partial charge in [0.1, 0.15) is 11.5 Å². The largest absolute Gasteiger partial charge is 0.467 e. The minimum atomic E-state index is -3.63. The predicted octanol–water partition coefficient (Wildman–Crippen LogP) is 4.50. The Labute approximate surface area is 174 Å². The maximum absolute atomic E-state index is 13.1. The number of benzene rings is 2. The van der Waals surface area contributed by atoms with Gasteiger partial charge in [-0.1, -0.05) is 29.8 Å². The first-order chi connectivity index (χ1) is 13.9. The van der Waals surface area contributed by atoms with Crippen molar-refractivity contribution in [2.75, 3.05) is 5.75 Å². The average molecular weight is 434 g/mol. The third-order valence-electron chi connectivity index (χ3n) is 4.13. The Kier molecular flexibility index (Phi) is 6.61. The van der Waals surface area contributed by atoms with E-state index in [1.807, 2.05) is 0 Å². The van der Waals surface area contributed by atoms with E-state index in [2.05, 4.69) is 0 Å². The molecule has 0 aliphatic carbocycles. The highest BCUT2D eigenvalue weighted by Crippen LogP contribution is 2.20. The number of amides is 1. The van der Waals surface area contributed by atoms with Crippen molar-refractivity contribution in [2.24, 2.45) is 0 Å². The molecule has 1 aromatic heterocycles. The van der Waals surface area contributed by atoms with Gasteiger partial charge in [-0.25, -0.2) is 0 Å². The normalized spacial score (nSPS) is 11.2. The summed E-state index contributed by atoms with van der Waals surface area (Å²) in [7, 11) is -3.63. The van der Waals surface area contributed by atoms with Crippen LogP contribution in [0.4, 0.5) is 0 Å². The van der Waals surface area contributed by atoms with E-state index in [0.717, 1.165) is 5.56 Å². The Bertz CT molecular complexity index is 1080. The zero-order valence-corrected chi connectivity index (χ0v) is 17.3. The van der Waals surface area contributed by atoms with Crippen molar-refractivity contribution in [1.29, 1.82) is 0 Å². The summed E-state index contributed by atoms with van der Waals surface area (Å²) in [6, 6.07) is 16.9. The third kappa shape index (κ3) is 5.85. The second kappa shape index (κ2) is 9.15. The summed E-state index contributed by atoms with van der Waals surface area (Å²) in [5.74, 6) is 0.477. The van der Waals surface area contributed by atoms with Crippen LogP contribution >= 0.6 is 11.6 Å². The van der Waals surface area contributed by atoms with Gasteiger partial charge in [0.2, 0.25) is 0 Å². The van der Waals surface area contributed by atoms with E-state index in [1.54, 1.807) is 71.8 Å². The molecule has 6 nitrogen and oxygen atoms in total. The summed E-state index contributed by atoms with van der Waals surface area (Å²) < 4.78 is 33.9. The van der Waals surface area contributed by atoms with E-state index < -0.39 is 10.1 Å². The lowest BCUT2D eigenvalue weighted by molar-refractivity contribution is 0.0717. The molecule has 0 N–H and O–H groups in total. The molecule has 0 unspecified atom stereocenters. The Morgan fingerprint density at radius 2 is 1.86 bits per heavy atom. The van der Waals surface area contributed by atoms with Gasteiger partial charge >= 0.3 is 10.1 Å². The molecule has 1 heterocycles. The lowest BCUT2D eigenvalue weighted by atomic mass is 10.1. The molecule has 8 heteroatoms. The second-order valence-corrected chi connectivity index (χ2v) is 8.62. The quantitative estimate of drug-likeness (QED) is 0.488. The highest BCUT2D eigenvalue weighted by molar-refractivity contribution is 7.87. The van der Waals surface area contributed by atoms with Gasteiger partial charge in [0.05, 0.1) is 18.6 Å². The molecule has 0 aliphatic rings. The van der Waals surface area contributed by atoms with Crippen LogP contribution in [0.3, 0.4) is 0 Å². The van der Waals surface area contributed by atoms with Crippen LogP contribution in [0.5, 0.6) is 5.75 Å². The summed E-state index contributed by atoms with van der Waals surface area (Å²) in [5, 5.41) is 0.467. The average Bonchev–Trinajstić information content (AvgIpc) is 3.20. The highest BCUT2D eigenvalue weighted by atomic mass is 35.5. The Hall–Kier alpha value is -2.77. The van der Waals surface area contributed by atoms with E-state index in [0.29, 0.717) is 16.3 Å². The molecule has 1 amide bonds. The minimum absolute atomic E-state index is 0.130. The highest BCUT2D eigenvalue weighted by Gasteiger charge is 2.19.